The summed E-state index contributed by atoms with van der Waals surface area (Å²) in [6, 6.07) is 20.6. The van der Waals surface area contributed by atoms with Gasteiger partial charge in [0.1, 0.15) is 0 Å². The molecule has 0 saturated carbocycles. The van der Waals surface area contributed by atoms with Gasteiger partial charge in [-0.1, -0.05) is 64.5 Å². The summed E-state index contributed by atoms with van der Waals surface area (Å²) in [5, 5.41) is 18.2. The number of rotatable bonds is 6. The van der Waals surface area contributed by atoms with E-state index in [1.807, 2.05) is 60.0 Å². The van der Waals surface area contributed by atoms with E-state index in [0.29, 0.717) is 28.4 Å². The van der Waals surface area contributed by atoms with Crippen LogP contribution >= 0.6 is 27.3 Å². The summed E-state index contributed by atoms with van der Waals surface area (Å²) in [6.07, 6.45) is 1.45. The number of fused-ring (bicyclic) bond motifs is 1. The minimum Gasteiger partial charge on any atom is -0.454 e. The van der Waals surface area contributed by atoms with Crippen LogP contribution in [0.2, 0.25) is 0 Å². The fraction of sp³-hybridized carbons (Fsp3) is 0.0833. The molecule has 1 aliphatic rings. The lowest BCUT2D eigenvalue weighted by molar-refractivity contribution is -0.385. The van der Waals surface area contributed by atoms with Crippen molar-refractivity contribution < 1.29 is 14.4 Å². The third kappa shape index (κ3) is 4.50. The van der Waals surface area contributed by atoms with E-state index in [2.05, 4.69) is 21.0 Å². The highest BCUT2D eigenvalue weighted by molar-refractivity contribution is 9.10. The quantitative estimate of drug-likeness (QED) is 0.182. The molecule has 1 aliphatic heterocycles. The Labute approximate surface area is 206 Å². The Kier molecular flexibility index (Phi) is 6.24. The van der Waals surface area contributed by atoms with Crippen molar-refractivity contribution >= 4 is 39.2 Å². The molecular formula is C24H17BrN4O4S. The van der Waals surface area contributed by atoms with Crippen molar-refractivity contribution in [1.82, 2.24) is 4.68 Å². The van der Waals surface area contributed by atoms with Gasteiger partial charge in [0.25, 0.3) is 5.69 Å². The average molecular weight is 537 g/mol. The van der Waals surface area contributed by atoms with Gasteiger partial charge in [0.15, 0.2) is 11.5 Å². The highest BCUT2D eigenvalue weighted by Crippen LogP contribution is 2.37. The molecule has 0 bridgehead atoms. The molecule has 4 aromatic rings. The van der Waals surface area contributed by atoms with E-state index in [0.717, 1.165) is 21.3 Å². The molecule has 0 unspecified atom stereocenters. The SMILES string of the molecule is O=[N+]([O-])c1cc2c(cc1C=Nn1c(-c3ccccc3Br)csc1=NCc1ccccc1)OCO2. The van der Waals surface area contributed by atoms with Crippen molar-refractivity contribution in [3.63, 3.8) is 0 Å². The molecule has 2 heterocycles. The molecule has 0 N–H and O–H groups in total. The van der Waals surface area contributed by atoms with Crippen LogP contribution in [0.25, 0.3) is 11.3 Å². The van der Waals surface area contributed by atoms with Gasteiger partial charge in [0, 0.05) is 15.4 Å². The molecule has 0 spiro atoms. The molecule has 34 heavy (non-hydrogen) atoms. The lowest BCUT2D eigenvalue weighted by Crippen LogP contribution is -2.12. The van der Waals surface area contributed by atoms with E-state index in [1.165, 1.54) is 23.6 Å². The van der Waals surface area contributed by atoms with E-state index in [9.17, 15) is 10.1 Å². The number of nitro groups is 1. The molecule has 0 radical (unpaired) electrons. The monoisotopic (exact) mass is 536 g/mol. The van der Waals surface area contributed by atoms with Crippen molar-refractivity contribution in [2.24, 2.45) is 10.1 Å². The molecule has 8 nitrogen and oxygen atoms in total. The Hall–Kier alpha value is -3.76. The maximum absolute atomic E-state index is 11.7. The zero-order chi connectivity index (χ0) is 23.5. The maximum atomic E-state index is 11.7. The fourth-order valence-corrected chi connectivity index (χ4v) is 4.76. The van der Waals surface area contributed by atoms with E-state index in [4.69, 9.17) is 14.5 Å². The Balaban J connectivity index is 1.61. The number of nitro benzene ring substituents is 1. The summed E-state index contributed by atoms with van der Waals surface area (Å²) in [4.78, 5) is 16.6. The number of nitrogens with zero attached hydrogens (tertiary/aromatic N) is 4. The number of hydrogen-bond acceptors (Lipinski definition) is 7. The van der Waals surface area contributed by atoms with Crippen molar-refractivity contribution in [2.75, 3.05) is 6.79 Å². The standard InChI is InChI=1S/C24H17BrN4O4S/c25-19-9-5-4-8-18(19)21-14-34-24(26-12-16-6-2-1-3-7-16)28(21)27-13-17-10-22-23(33-15-32-22)11-20(17)29(30)31/h1-11,13-14H,12,15H2. The minimum absolute atomic E-state index is 0.0288. The zero-order valence-corrected chi connectivity index (χ0v) is 20.0. The summed E-state index contributed by atoms with van der Waals surface area (Å²) >= 11 is 5.05. The van der Waals surface area contributed by atoms with Crippen LogP contribution < -0.4 is 14.3 Å². The number of halogens is 1. The van der Waals surface area contributed by atoms with Crippen molar-refractivity contribution in [2.45, 2.75) is 6.54 Å². The van der Waals surface area contributed by atoms with Crippen LogP contribution in [0, 0.1) is 10.1 Å². The van der Waals surface area contributed by atoms with E-state index < -0.39 is 4.92 Å². The lowest BCUT2D eigenvalue weighted by atomic mass is 10.1. The van der Waals surface area contributed by atoms with Crippen LogP contribution in [-0.4, -0.2) is 22.6 Å². The first-order chi connectivity index (χ1) is 16.6. The predicted octanol–water partition coefficient (Wildman–Crippen LogP) is 5.60. The van der Waals surface area contributed by atoms with Crippen LogP contribution in [0.3, 0.4) is 0 Å². The molecule has 0 amide bonds. The summed E-state index contributed by atoms with van der Waals surface area (Å²) in [5.74, 6) is 0.793. The summed E-state index contributed by atoms with van der Waals surface area (Å²) in [6.45, 7) is 0.511. The molecule has 0 fully saturated rings. The second kappa shape index (κ2) is 9.62. The van der Waals surface area contributed by atoms with E-state index in [1.54, 1.807) is 10.7 Å². The van der Waals surface area contributed by atoms with Crippen molar-refractivity contribution in [3.05, 3.63) is 103 Å². The Morgan fingerprint density at radius 3 is 2.59 bits per heavy atom. The van der Waals surface area contributed by atoms with Gasteiger partial charge in [-0.05, 0) is 17.7 Å². The maximum Gasteiger partial charge on any atom is 0.282 e. The lowest BCUT2D eigenvalue weighted by Gasteiger charge is -2.06. The third-order valence-electron chi connectivity index (χ3n) is 5.11. The van der Waals surface area contributed by atoms with Gasteiger partial charge in [-0.3, -0.25) is 15.1 Å². The highest BCUT2D eigenvalue weighted by atomic mass is 79.9. The molecule has 0 aliphatic carbocycles. The van der Waals surface area contributed by atoms with Gasteiger partial charge in [-0.2, -0.15) is 5.10 Å². The summed E-state index contributed by atoms with van der Waals surface area (Å²) in [5.41, 5.74) is 3.00. The number of aromatic nitrogens is 1. The predicted molar refractivity (Wildman–Crippen MR) is 133 cm³/mol. The fourth-order valence-electron chi connectivity index (χ4n) is 3.44. The second-order valence-corrected chi connectivity index (χ2v) is 8.95. The van der Waals surface area contributed by atoms with Gasteiger partial charge in [0.05, 0.1) is 35.0 Å². The summed E-state index contributed by atoms with van der Waals surface area (Å²) < 4.78 is 13.3. The van der Waals surface area contributed by atoms with Crippen LogP contribution in [0.4, 0.5) is 5.69 Å². The third-order valence-corrected chi connectivity index (χ3v) is 6.65. The molecule has 3 aromatic carbocycles. The van der Waals surface area contributed by atoms with Gasteiger partial charge in [-0.15, -0.1) is 11.3 Å². The molecule has 10 heteroatoms. The van der Waals surface area contributed by atoms with Crippen LogP contribution in [-0.2, 0) is 6.54 Å². The Bertz CT molecular complexity index is 1460. The van der Waals surface area contributed by atoms with Gasteiger partial charge >= 0.3 is 0 Å². The second-order valence-electron chi connectivity index (χ2n) is 7.26. The van der Waals surface area contributed by atoms with E-state index >= 15 is 0 Å². The number of benzene rings is 3. The molecule has 170 valence electrons. The molecule has 0 atom stereocenters. The molecule has 1 aromatic heterocycles. The number of ether oxygens (including phenoxy) is 2. The largest absolute Gasteiger partial charge is 0.454 e. The Morgan fingerprint density at radius 1 is 1.09 bits per heavy atom. The normalized spacial score (nSPS) is 13.0. The number of hydrogen-bond donors (Lipinski definition) is 0. The molecular weight excluding hydrogens is 520 g/mol. The van der Waals surface area contributed by atoms with Gasteiger partial charge < -0.3 is 9.47 Å². The van der Waals surface area contributed by atoms with Crippen LogP contribution in [0.15, 0.2) is 86.7 Å². The van der Waals surface area contributed by atoms with Crippen molar-refractivity contribution in [1.29, 1.82) is 0 Å². The smallest absolute Gasteiger partial charge is 0.282 e. The highest BCUT2D eigenvalue weighted by Gasteiger charge is 2.22. The van der Waals surface area contributed by atoms with Gasteiger partial charge in [-0.25, -0.2) is 4.68 Å². The van der Waals surface area contributed by atoms with Crippen LogP contribution in [0.1, 0.15) is 11.1 Å². The topological polar surface area (TPSA) is 91.2 Å². The first-order valence-electron chi connectivity index (χ1n) is 10.2. The molecule has 0 saturated heterocycles. The number of thiazole rings is 1. The van der Waals surface area contributed by atoms with E-state index in [-0.39, 0.29) is 12.5 Å². The van der Waals surface area contributed by atoms with Crippen molar-refractivity contribution in [3.8, 4) is 22.8 Å². The van der Waals surface area contributed by atoms with Crippen LogP contribution in [0.5, 0.6) is 11.5 Å². The molecule has 5 rings (SSSR count). The average Bonchev–Trinajstić information content (AvgIpc) is 3.48. The minimum atomic E-state index is -0.461. The first kappa shape index (κ1) is 22.1. The Morgan fingerprint density at radius 2 is 1.82 bits per heavy atom. The first-order valence-corrected chi connectivity index (χ1v) is 11.9. The summed E-state index contributed by atoms with van der Waals surface area (Å²) in [7, 11) is 0. The zero-order valence-electron chi connectivity index (χ0n) is 17.6. The van der Waals surface area contributed by atoms with Gasteiger partial charge in [0.2, 0.25) is 11.6 Å².